The summed E-state index contributed by atoms with van der Waals surface area (Å²) in [7, 11) is 0. The van der Waals surface area contributed by atoms with Gasteiger partial charge in [0.15, 0.2) is 6.10 Å². The van der Waals surface area contributed by atoms with Gasteiger partial charge in [-0.15, -0.1) is 0 Å². The number of rotatable bonds is 3. The normalized spacial score (nSPS) is 51.0. The van der Waals surface area contributed by atoms with Gasteiger partial charge in [0.1, 0.15) is 0 Å². The summed E-state index contributed by atoms with van der Waals surface area (Å²) in [6.45, 7) is 16.3. The van der Waals surface area contributed by atoms with Gasteiger partial charge in [0.2, 0.25) is 0 Å². The van der Waals surface area contributed by atoms with Crippen LogP contribution >= 0.6 is 0 Å². The minimum Gasteiger partial charge on any atom is -0.457 e. The maximum absolute atomic E-state index is 12.3. The highest BCUT2D eigenvalue weighted by Crippen LogP contribution is 2.76. The van der Waals surface area contributed by atoms with Gasteiger partial charge in [-0.05, 0) is 105 Å². The van der Waals surface area contributed by atoms with Crippen LogP contribution in [0.2, 0.25) is 0 Å². The van der Waals surface area contributed by atoms with E-state index in [0.717, 1.165) is 44.9 Å². The van der Waals surface area contributed by atoms with Crippen molar-refractivity contribution in [3.63, 3.8) is 0 Å². The maximum Gasteiger partial charge on any atom is 0.303 e. The second-order valence-corrected chi connectivity index (χ2v) is 15.8. The van der Waals surface area contributed by atoms with Crippen LogP contribution in [-0.4, -0.2) is 57.4 Å². The molecule has 218 valence electrons. The molecule has 0 aromatic heterocycles. The van der Waals surface area contributed by atoms with Crippen LogP contribution in [-0.2, 0) is 14.3 Å². The third kappa shape index (κ3) is 3.97. The van der Waals surface area contributed by atoms with Crippen molar-refractivity contribution in [3.05, 3.63) is 0 Å². The highest BCUT2D eigenvalue weighted by molar-refractivity contribution is 5.66. The smallest absolute Gasteiger partial charge is 0.303 e. The molecule has 0 radical (unpaired) electrons. The fourth-order valence-corrected chi connectivity index (χ4v) is 11.0. The molecule has 2 bridgehead atoms. The van der Waals surface area contributed by atoms with Crippen molar-refractivity contribution < 1.29 is 29.6 Å². The molecule has 1 saturated heterocycles. The lowest BCUT2D eigenvalue weighted by molar-refractivity contribution is -0.216. The number of esters is 1. The van der Waals surface area contributed by atoms with E-state index in [1.807, 2.05) is 0 Å². The lowest BCUT2D eigenvalue weighted by Crippen LogP contribution is -2.61. The summed E-state index contributed by atoms with van der Waals surface area (Å²) in [5.41, 5.74) is -1.43. The second-order valence-electron chi connectivity index (χ2n) is 15.8. The molecule has 0 aromatic carbocycles. The van der Waals surface area contributed by atoms with E-state index < -0.39 is 29.9 Å². The molecule has 0 amide bonds. The number of aliphatic hydroxyl groups excluding tert-OH is 2. The molecule has 0 aromatic rings. The largest absolute Gasteiger partial charge is 0.457 e. The van der Waals surface area contributed by atoms with E-state index in [1.165, 1.54) is 13.3 Å². The summed E-state index contributed by atoms with van der Waals surface area (Å²) >= 11 is 0. The van der Waals surface area contributed by atoms with Crippen LogP contribution in [0.1, 0.15) is 113 Å². The van der Waals surface area contributed by atoms with Crippen LogP contribution in [0.25, 0.3) is 0 Å². The van der Waals surface area contributed by atoms with Gasteiger partial charge in [0, 0.05) is 12.3 Å². The Morgan fingerprint density at radius 3 is 2.37 bits per heavy atom. The molecule has 4 aliphatic carbocycles. The zero-order valence-corrected chi connectivity index (χ0v) is 25.1. The minimum absolute atomic E-state index is 0.0483. The zero-order valence-electron chi connectivity index (χ0n) is 25.1. The first-order valence-corrected chi connectivity index (χ1v) is 15.4. The van der Waals surface area contributed by atoms with Crippen molar-refractivity contribution >= 4 is 5.97 Å². The second kappa shape index (κ2) is 9.16. The predicted octanol–water partition coefficient (Wildman–Crippen LogP) is 5.25. The van der Waals surface area contributed by atoms with E-state index in [4.69, 9.17) is 9.47 Å². The third-order valence-corrected chi connectivity index (χ3v) is 13.2. The first kappa shape index (κ1) is 28.8. The predicted molar refractivity (Wildman–Crippen MR) is 146 cm³/mol. The highest BCUT2D eigenvalue weighted by atomic mass is 16.6. The van der Waals surface area contributed by atoms with Crippen molar-refractivity contribution in [2.45, 2.75) is 149 Å². The van der Waals surface area contributed by atoms with Gasteiger partial charge in [0.05, 0.1) is 30.0 Å². The Hall–Kier alpha value is -0.690. The van der Waals surface area contributed by atoms with Gasteiger partial charge >= 0.3 is 5.97 Å². The fourth-order valence-electron chi connectivity index (χ4n) is 11.0. The van der Waals surface area contributed by atoms with Crippen LogP contribution in [0.3, 0.4) is 0 Å². The summed E-state index contributed by atoms with van der Waals surface area (Å²) in [4.78, 5) is 11.9. The van der Waals surface area contributed by atoms with Crippen LogP contribution < -0.4 is 0 Å². The number of hydrogen-bond donors (Lipinski definition) is 3. The Morgan fingerprint density at radius 2 is 1.74 bits per heavy atom. The highest BCUT2D eigenvalue weighted by Gasteiger charge is 2.74. The number of carbonyl (C=O) groups is 1. The molecule has 1 aliphatic heterocycles. The van der Waals surface area contributed by atoms with E-state index in [0.29, 0.717) is 18.3 Å². The molecule has 6 heteroatoms. The van der Waals surface area contributed by atoms with Gasteiger partial charge in [-0.2, -0.15) is 0 Å². The van der Waals surface area contributed by atoms with Crippen molar-refractivity contribution in [2.24, 2.45) is 45.3 Å². The monoisotopic (exact) mass is 534 g/mol. The standard InChI is InChI=1S/C32H54O6/c1-18-16-21(27(29(5,6)36)37-19(2)33)38-25-24(18)30(7)14-15-32-13-9-10-23(34)28(3,4)20(17-32)11-12-22(32)31(30,8)26(25)35/h18,20-27,34-36H,9-17H2,1-8H3. The molecular weight excluding hydrogens is 480 g/mol. The fraction of sp³-hybridized carbons (Fsp3) is 0.969. The van der Waals surface area contributed by atoms with Crippen molar-refractivity contribution in [1.29, 1.82) is 0 Å². The van der Waals surface area contributed by atoms with Gasteiger partial charge < -0.3 is 24.8 Å². The van der Waals surface area contributed by atoms with Gasteiger partial charge in [-0.25, -0.2) is 0 Å². The summed E-state index contributed by atoms with van der Waals surface area (Å²) in [5.74, 6) is 1.01. The first-order chi connectivity index (χ1) is 17.5. The third-order valence-electron chi connectivity index (χ3n) is 13.2. The summed E-state index contributed by atoms with van der Waals surface area (Å²) in [6.07, 6.45) is 6.99. The summed E-state index contributed by atoms with van der Waals surface area (Å²) in [6, 6.07) is 0. The quantitative estimate of drug-likeness (QED) is 0.428. The van der Waals surface area contributed by atoms with Crippen molar-refractivity contribution in [3.8, 4) is 0 Å². The van der Waals surface area contributed by atoms with E-state index in [9.17, 15) is 20.1 Å². The first-order valence-electron chi connectivity index (χ1n) is 15.4. The summed E-state index contributed by atoms with van der Waals surface area (Å²) < 4.78 is 12.4. The number of hydrogen-bond acceptors (Lipinski definition) is 6. The van der Waals surface area contributed by atoms with Crippen LogP contribution in [0.15, 0.2) is 0 Å². The zero-order chi connectivity index (χ0) is 28.1. The summed E-state index contributed by atoms with van der Waals surface area (Å²) in [5, 5.41) is 34.2. The maximum atomic E-state index is 12.3. The SMILES string of the molecule is CC(=O)OC(C1CC(C)C2C(O1)C(O)C1(C)C3CCC4CC3(CCCC(O)C4(C)C)CCC21C)C(C)(C)O. The molecule has 6 nitrogen and oxygen atoms in total. The van der Waals surface area contributed by atoms with Gasteiger partial charge in [0.25, 0.3) is 0 Å². The van der Waals surface area contributed by atoms with Crippen LogP contribution in [0.4, 0.5) is 0 Å². The van der Waals surface area contributed by atoms with Crippen molar-refractivity contribution in [1.82, 2.24) is 0 Å². The molecule has 1 heterocycles. The molecule has 5 fully saturated rings. The number of fused-ring (bicyclic) bond motifs is 5. The molecule has 4 saturated carbocycles. The Bertz CT molecular complexity index is 925. The molecule has 1 spiro atoms. The van der Waals surface area contributed by atoms with Gasteiger partial charge in [-0.3, -0.25) is 4.79 Å². The molecule has 3 N–H and O–H groups in total. The van der Waals surface area contributed by atoms with E-state index in [-0.39, 0.29) is 45.7 Å². The molecule has 38 heavy (non-hydrogen) atoms. The molecule has 5 rings (SSSR count). The van der Waals surface area contributed by atoms with Crippen LogP contribution in [0, 0.1) is 45.3 Å². The van der Waals surface area contributed by atoms with E-state index in [1.54, 1.807) is 13.8 Å². The number of carbonyl (C=O) groups excluding carboxylic acids is 1. The van der Waals surface area contributed by atoms with Crippen LogP contribution in [0.5, 0.6) is 0 Å². The lowest BCUT2D eigenvalue weighted by atomic mass is 9.39. The Morgan fingerprint density at radius 1 is 1.05 bits per heavy atom. The number of ether oxygens (including phenoxy) is 2. The average Bonchev–Trinajstić information content (AvgIpc) is 2.99. The van der Waals surface area contributed by atoms with Gasteiger partial charge in [-0.1, -0.05) is 41.0 Å². The van der Waals surface area contributed by atoms with Crippen molar-refractivity contribution in [2.75, 3.05) is 0 Å². The number of aliphatic hydroxyl groups is 3. The Balaban J connectivity index is 1.49. The van der Waals surface area contributed by atoms with E-state index in [2.05, 4.69) is 34.6 Å². The minimum atomic E-state index is -1.24. The molecule has 12 atom stereocenters. The topological polar surface area (TPSA) is 96.2 Å². The van der Waals surface area contributed by atoms with E-state index >= 15 is 0 Å². The molecule has 12 unspecified atom stereocenters. The Labute approximate surface area is 230 Å². The average molecular weight is 535 g/mol. The Kier molecular flexibility index (Phi) is 6.95. The molecular formula is C32H54O6. The lowest BCUT2D eigenvalue weighted by Gasteiger charge is -2.66. The molecule has 5 aliphatic rings.